The van der Waals surface area contributed by atoms with Crippen LogP contribution in [-0.4, -0.2) is 40.9 Å². The maximum atomic E-state index is 13.0. The van der Waals surface area contributed by atoms with Crippen molar-refractivity contribution in [1.82, 2.24) is 14.5 Å². The van der Waals surface area contributed by atoms with E-state index in [0.29, 0.717) is 22.3 Å². The Morgan fingerprint density at radius 2 is 1.87 bits per heavy atom. The van der Waals surface area contributed by atoms with Gasteiger partial charge in [0, 0.05) is 16.6 Å². The van der Waals surface area contributed by atoms with Gasteiger partial charge in [0.2, 0.25) is 0 Å². The van der Waals surface area contributed by atoms with Crippen LogP contribution in [0.4, 0.5) is 5.13 Å². The highest BCUT2D eigenvalue weighted by molar-refractivity contribution is 7.98. The first kappa shape index (κ1) is 21.0. The molecule has 0 atom stereocenters. The van der Waals surface area contributed by atoms with Crippen molar-refractivity contribution in [2.75, 3.05) is 25.8 Å². The van der Waals surface area contributed by atoms with Crippen LogP contribution in [0, 0.1) is 0 Å². The number of methoxy groups -OCH3 is 2. The molecule has 1 amide bonds. The van der Waals surface area contributed by atoms with Gasteiger partial charge in [-0.3, -0.25) is 14.7 Å². The SMILES string of the molecule is COc1ccc(-c2csc(NC(=O)c3cnc(SC)n3-c3ccccc3)n2)cc1OC. The van der Waals surface area contributed by atoms with E-state index in [1.165, 1.54) is 23.1 Å². The summed E-state index contributed by atoms with van der Waals surface area (Å²) >= 11 is 2.83. The number of nitrogens with one attached hydrogen (secondary N) is 1. The third-order valence-electron chi connectivity index (χ3n) is 4.56. The van der Waals surface area contributed by atoms with Gasteiger partial charge in [0.25, 0.3) is 5.91 Å². The van der Waals surface area contributed by atoms with Crippen molar-refractivity contribution in [1.29, 1.82) is 0 Å². The van der Waals surface area contributed by atoms with Crippen molar-refractivity contribution in [2.24, 2.45) is 0 Å². The number of imidazole rings is 1. The van der Waals surface area contributed by atoms with Crippen molar-refractivity contribution in [3.05, 3.63) is 65.8 Å². The van der Waals surface area contributed by atoms with Gasteiger partial charge in [0.1, 0.15) is 5.69 Å². The number of ether oxygens (including phenoxy) is 2. The number of rotatable bonds is 7. The lowest BCUT2D eigenvalue weighted by Gasteiger charge is -2.10. The quantitative estimate of drug-likeness (QED) is 0.398. The topological polar surface area (TPSA) is 78.3 Å². The van der Waals surface area contributed by atoms with E-state index in [1.807, 2.05) is 64.7 Å². The minimum Gasteiger partial charge on any atom is -0.493 e. The van der Waals surface area contributed by atoms with Crippen LogP contribution in [0.1, 0.15) is 10.5 Å². The number of carbonyl (C=O) groups excluding carboxylic acids is 1. The van der Waals surface area contributed by atoms with Crippen LogP contribution >= 0.6 is 23.1 Å². The second kappa shape index (κ2) is 9.23. The molecule has 31 heavy (non-hydrogen) atoms. The molecule has 0 saturated heterocycles. The number of carbonyl (C=O) groups is 1. The molecule has 0 aliphatic carbocycles. The zero-order valence-corrected chi connectivity index (χ0v) is 18.8. The Labute approximate surface area is 188 Å². The highest BCUT2D eigenvalue weighted by Crippen LogP contribution is 2.33. The Bertz CT molecular complexity index is 1200. The number of thiazole rings is 1. The molecule has 0 aliphatic heterocycles. The molecule has 0 bridgehead atoms. The summed E-state index contributed by atoms with van der Waals surface area (Å²) in [5, 5.41) is 6.02. The zero-order valence-electron chi connectivity index (χ0n) is 17.2. The fourth-order valence-electron chi connectivity index (χ4n) is 3.09. The summed E-state index contributed by atoms with van der Waals surface area (Å²) in [6.45, 7) is 0. The molecule has 7 nitrogen and oxygen atoms in total. The minimum atomic E-state index is -0.273. The maximum absolute atomic E-state index is 13.0. The number of anilines is 1. The maximum Gasteiger partial charge on any atom is 0.276 e. The largest absolute Gasteiger partial charge is 0.493 e. The average Bonchev–Trinajstić information content (AvgIpc) is 3.46. The van der Waals surface area contributed by atoms with Gasteiger partial charge in [-0.2, -0.15) is 0 Å². The first-order valence-electron chi connectivity index (χ1n) is 9.31. The Kier molecular flexibility index (Phi) is 6.24. The van der Waals surface area contributed by atoms with Crippen molar-refractivity contribution in [2.45, 2.75) is 5.16 Å². The van der Waals surface area contributed by atoms with Gasteiger partial charge in [0.05, 0.1) is 26.1 Å². The summed E-state index contributed by atoms with van der Waals surface area (Å²) in [6.07, 6.45) is 3.51. The van der Waals surface area contributed by atoms with Gasteiger partial charge in [-0.05, 0) is 36.6 Å². The molecule has 0 aliphatic rings. The van der Waals surface area contributed by atoms with Gasteiger partial charge in [-0.1, -0.05) is 30.0 Å². The third kappa shape index (κ3) is 4.28. The molecule has 0 spiro atoms. The summed E-state index contributed by atoms with van der Waals surface area (Å²) in [7, 11) is 3.18. The molecule has 9 heteroatoms. The molecule has 0 unspecified atom stereocenters. The normalized spacial score (nSPS) is 10.7. The van der Waals surface area contributed by atoms with Crippen LogP contribution in [0.25, 0.3) is 16.9 Å². The molecular weight excluding hydrogens is 432 g/mol. The smallest absolute Gasteiger partial charge is 0.276 e. The Morgan fingerprint density at radius 3 is 2.58 bits per heavy atom. The number of para-hydroxylation sites is 1. The molecule has 4 aromatic rings. The first-order chi connectivity index (χ1) is 15.1. The van der Waals surface area contributed by atoms with Crippen molar-refractivity contribution < 1.29 is 14.3 Å². The van der Waals surface area contributed by atoms with E-state index in [4.69, 9.17) is 9.47 Å². The van der Waals surface area contributed by atoms with Gasteiger partial charge in [0.15, 0.2) is 21.8 Å². The second-order valence-electron chi connectivity index (χ2n) is 6.36. The van der Waals surface area contributed by atoms with E-state index in [-0.39, 0.29) is 5.91 Å². The molecule has 158 valence electrons. The number of hydrogen-bond donors (Lipinski definition) is 1. The Hall–Kier alpha value is -3.30. The van der Waals surface area contributed by atoms with E-state index in [1.54, 1.807) is 20.4 Å². The summed E-state index contributed by atoms with van der Waals surface area (Å²) in [5.41, 5.74) is 2.93. The average molecular weight is 453 g/mol. The third-order valence-corrected chi connectivity index (χ3v) is 5.97. The number of benzene rings is 2. The predicted molar refractivity (Wildman–Crippen MR) is 124 cm³/mol. The molecule has 1 N–H and O–H groups in total. The molecular formula is C22H20N4O3S2. The monoisotopic (exact) mass is 452 g/mol. The number of aromatic nitrogens is 3. The second-order valence-corrected chi connectivity index (χ2v) is 7.99. The van der Waals surface area contributed by atoms with Gasteiger partial charge >= 0.3 is 0 Å². The van der Waals surface area contributed by atoms with Crippen LogP contribution in [-0.2, 0) is 0 Å². The molecule has 2 heterocycles. The number of amides is 1. The Balaban J connectivity index is 1.59. The van der Waals surface area contributed by atoms with Crippen LogP contribution in [0.15, 0.2) is 65.3 Å². The Morgan fingerprint density at radius 1 is 1.10 bits per heavy atom. The van der Waals surface area contributed by atoms with E-state index in [9.17, 15) is 4.79 Å². The number of hydrogen-bond acceptors (Lipinski definition) is 7. The highest BCUT2D eigenvalue weighted by atomic mass is 32.2. The minimum absolute atomic E-state index is 0.273. The summed E-state index contributed by atoms with van der Waals surface area (Å²) in [4.78, 5) is 22.0. The van der Waals surface area contributed by atoms with Crippen LogP contribution in [0.3, 0.4) is 0 Å². The number of thioether (sulfide) groups is 1. The number of nitrogens with zero attached hydrogens (tertiary/aromatic N) is 3. The molecule has 2 aromatic heterocycles. The van der Waals surface area contributed by atoms with Crippen molar-refractivity contribution in [3.63, 3.8) is 0 Å². The van der Waals surface area contributed by atoms with Gasteiger partial charge in [-0.15, -0.1) is 11.3 Å². The van der Waals surface area contributed by atoms with Crippen LogP contribution in [0.2, 0.25) is 0 Å². The molecule has 0 radical (unpaired) electrons. The predicted octanol–water partition coefficient (Wildman–Crippen LogP) is 4.99. The fourth-order valence-corrected chi connectivity index (χ4v) is 4.35. The van der Waals surface area contributed by atoms with Crippen LogP contribution < -0.4 is 14.8 Å². The lowest BCUT2D eigenvalue weighted by Crippen LogP contribution is -2.16. The van der Waals surface area contributed by atoms with E-state index in [0.717, 1.165) is 22.1 Å². The molecule has 0 saturated carbocycles. The molecule has 2 aromatic carbocycles. The lowest BCUT2D eigenvalue weighted by molar-refractivity contribution is 0.102. The van der Waals surface area contributed by atoms with Crippen molar-refractivity contribution >= 4 is 34.1 Å². The van der Waals surface area contributed by atoms with Crippen LogP contribution in [0.5, 0.6) is 11.5 Å². The van der Waals surface area contributed by atoms with E-state index in [2.05, 4.69) is 15.3 Å². The van der Waals surface area contributed by atoms with Crippen molar-refractivity contribution in [3.8, 4) is 28.4 Å². The van der Waals surface area contributed by atoms with Gasteiger partial charge < -0.3 is 9.47 Å². The van der Waals surface area contributed by atoms with Gasteiger partial charge in [-0.25, -0.2) is 9.97 Å². The highest BCUT2D eigenvalue weighted by Gasteiger charge is 2.19. The molecule has 4 rings (SSSR count). The first-order valence-corrected chi connectivity index (χ1v) is 11.4. The summed E-state index contributed by atoms with van der Waals surface area (Å²) in [6, 6.07) is 15.3. The standard InChI is InChI=1S/C22H20N4O3S2/c1-28-18-10-9-14(11-19(18)29-2)16-13-31-21(24-16)25-20(27)17-12-23-22(30-3)26(17)15-7-5-4-6-8-15/h4-13H,1-3H3,(H,24,25,27). The van der Waals surface area contributed by atoms with E-state index >= 15 is 0 Å². The lowest BCUT2D eigenvalue weighted by atomic mass is 10.1. The zero-order chi connectivity index (χ0) is 21.8. The summed E-state index contributed by atoms with van der Waals surface area (Å²) < 4.78 is 12.5. The summed E-state index contributed by atoms with van der Waals surface area (Å²) in [5.74, 6) is 0.994. The fraction of sp³-hybridized carbons (Fsp3) is 0.136. The molecule has 0 fully saturated rings. The van der Waals surface area contributed by atoms with E-state index < -0.39 is 0 Å².